The maximum absolute atomic E-state index is 14.3. The second-order valence-electron chi connectivity index (χ2n) is 12.2. The summed E-state index contributed by atoms with van der Waals surface area (Å²) in [7, 11) is 0. The van der Waals surface area contributed by atoms with Crippen molar-refractivity contribution in [2.45, 2.75) is 84.0 Å². The van der Waals surface area contributed by atoms with Crippen LogP contribution >= 0.6 is 0 Å². The highest BCUT2D eigenvalue weighted by molar-refractivity contribution is 5.86. The van der Waals surface area contributed by atoms with Gasteiger partial charge >= 0.3 is 18.2 Å². The molecule has 1 unspecified atom stereocenters. The summed E-state index contributed by atoms with van der Waals surface area (Å²) in [5.41, 5.74) is 0.292. The fourth-order valence-electron chi connectivity index (χ4n) is 5.68. The molecule has 5 rings (SSSR count). The highest BCUT2D eigenvalue weighted by Gasteiger charge is 2.44. The zero-order valence-electron chi connectivity index (χ0n) is 26.3. The van der Waals surface area contributed by atoms with Crippen LogP contribution in [-0.2, 0) is 39.7 Å². The highest BCUT2D eigenvalue weighted by atomic mass is 19.4. The Hall–Kier alpha value is -4.61. The van der Waals surface area contributed by atoms with Gasteiger partial charge in [0.15, 0.2) is 17.2 Å². The number of aryl methyl sites for hydroxylation is 2. The van der Waals surface area contributed by atoms with Gasteiger partial charge in [0, 0.05) is 16.7 Å². The van der Waals surface area contributed by atoms with E-state index in [1.165, 1.54) is 12.1 Å². The number of nitrogens with zero attached hydrogens (tertiary/aromatic N) is 2. The van der Waals surface area contributed by atoms with Crippen LogP contribution in [-0.4, -0.2) is 40.1 Å². The summed E-state index contributed by atoms with van der Waals surface area (Å²) >= 11 is 0. The second kappa shape index (κ2) is 12.6. The van der Waals surface area contributed by atoms with Crippen molar-refractivity contribution < 1.29 is 41.3 Å². The normalized spacial score (nSPS) is 14.2. The van der Waals surface area contributed by atoms with E-state index in [4.69, 9.17) is 18.5 Å². The van der Waals surface area contributed by atoms with Crippen molar-refractivity contribution in [3.63, 3.8) is 0 Å². The topological polar surface area (TPSA) is 117 Å². The smallest absolute Gasteiger partial charge is 0.422 e. The van der Waals surface area contributed by atoms with Gasteiger partial charge in [0.2, 0.25) is 0 Å². The number of ether oxygens (including phenoxy) is 2. The molecule has 1 N–H and O–H groups in total. The van der Waals surface area contributed by atoms with E-state index in [1.54, 1.807) is 52.8 Å². The minimum atomic E-state index is -4.75. The molecule has 2 heterocycles. The number of aromatic nitrogens is 2. The number of carbonyl (C=O) groups is 2. The molecular formula is C34H36F3N3O6. The molecule has 0 saturated heterocycles. The van der Waals surface area contributed by atoms with Crippen molar-refractivity contribution in [3.8, 4) is 34.0 Å². The van der Waals surface area contributed by atoms with Gasteiger partial charge < -0.3 is 23.8 Å². The van der Waals surface area contributed by atoms with Crippen molar-refractivity contribution in [2.75, 3.05) is 6.61 Å². The third-order valence-electron chi connectivity index (χ3n) is 7.93. The Morgan fingerprint density at radius 1 is 0.935 bits per heavy atom. The Labute approximate surface area is 264 Å². The maximum atomic E-state index is 14.3. The molecule has 0 saturated carbocycles. The summed E-state index contributed by atoms with van der Waals surface area (Å²) < 4.78 is 64.5. The Morgan fingerprint density at radius 3 is 2.28 bits per heavy atom. The first-order valence-corrected chi connectivity index (χ1v) is 15.2. The summed E-state index contributed by atoms with van der Waals surface area (Å²) in [6.45, 7) is 8.88. The minimum Gasteiger partial charge on any atom is -0.464 e. The first kappa shape index (κ1) is 32.8. The molecule has 2 aromatic carbocycles. The number of nitrogens with one attached hydrogen (secondary N) is 1. The third-order valence-corrected chi connectivity index (χ3v) is 7.93. The van der Waals surface area contributed by atoms with Gasteiger partial charge in [-0.2, -0.15) is 13.2 Å². The molecule has 0 bridgehead atoms. The van der Waals surface area contributed by atoms with Crippen LogP contribution in [0.5, 0.6) is 0 Å². The van der Waals surface area contributed by atoms with E-state index >= 15 is 0 Å². The average Bonchev–Trinajstić information content (AvgIpc) is 3.64. The summed E-state index contributed by atoms with van der Waals surface area (Å²) in [5.74, 6) is -0.998. The molecule has 0 fully saturated rings. The van der Waals surface area contributed by atoms with Gasteiger partial charge in [-0.1, -0.05) is 65.8 Å². The van der Waals surface area contributed by atoms with Gasteiger partial charge in [-0.05, 0) is 70.9 Å². The molecule has 1 aliphatic rings. The molecule has 1 aliphatic carbocycles. The maximum Gasteiger partial charge on any atom is 0.422 e. The SMILES string of the molecule is CCOC(=O)C(CC)(CCc1ccc2c(c1)CCc1c-2noc1-c1noc(-c2ccccc2)c1C(F)(F)F)NC(=O)OC(C)(C)C. The van der Waals surface area contributed by atoms with Crippen LogP contribution in [0.1, 0.15) is 69.7 Å². The highest BCUT2D eigenvalue weighted by Crippen LogP contribution is 2.46. The van der Waals surface area contributed by atoms with E-state index in [9.17, 15) is 22.8 Å². The first-order chi connectivity index (χ1) is 21.8. The largest absolute Gasteiger partial charge is 0.464 e. The van der Waals surface area contributed by atoms with Crippen molar-refractivity contribution in [1.82, 2.24) is 15.6 Å². The molecule has 0 aliphatic heterocycles. The molecular weight excluding hydrogens is 603 g/mol. The lowest BCUT2D eigenvalue weighted by Gasteiger charge is -2.32. The minimum absolute atomic E-state index is 0.0710. The van der Waals surface area contributed by atoms with Gasteiger partial charge in [-0.3, -0.25) is 0 Å². The van der Waals surface area contributed by atoms with Crippen molar-refractivity contribution in [1.29, 1.82) is 0 Å². The molecule has 244 valence electrons. The summed E-state index contributed by atoms with van der Waals surface area (Å²) in [6, 6.07) is 13.7. The van der Waals surface area contributed by atoms with E-state index in [0.717, 1.165) is 16.7 Å². The van der Waals surface area contributed by atoms with Gasteiger partial charge in [-0.25, -0.2) is 9.59 Å². The van der Waals surface area contributed by atoms with Gasteiger partial charge in [0.1, 0.15) is 22.4 Å². The van der Waals surface area contributed by atoms with Crippen LogP contribution in [0.4, 0.5) is 18.0 Å². The standard InChI is InChI=1S/C34H36F3N3O6/c1-6-33(30(41)43-7-2,38-31(42)44-32(3,4)5)18-17-20-13-15-23-22(19-20)14-16-24-26(23)39-46-29(24)27-25(34(35,36)37)28(45-40-27)21-11-9-8-10-12-21/h8-13,15,19H,6-7,14,16-18H2,1-5H3,(H,38,42). The van der Waals surface area contributed by atoms with E-state index in [2.05, 4.69) is 15.6 Å². The van der Waals surface area contributed by atoms with Crippen molar-refractivity contribution >= 4 is 12.1 Å². The summed E-state index contributed by atoms with van der Waals surface area (Å²) in [6.07, 6.45) is -3.59. The predicted octanol–water partition coefficient (Wildman–Crippen LogP) is 7.95. The molecule has 9 nitrogen and oxygen atoms in total. The second-order valence-corrected chi connectivity index (χ2v) is 12.2. The molecule has 0 spiro atoms. The number of benzene rings is 2. The number of halogens is 3. The first-order valence-electron chi connectivity index (χ1n) is 15.2. The fraction of sp³-hybridized carbons (Fsp3) is 0.412. The van der Waals surface area contributed by atoms with E-state index in [-0.39, 0.29) is 36.5 Å². The van der Waals surface area contributed by atoms with Crippen molar-refractivity contribution in [3.05, 3.63) is 70.8 Å². The lowest BCUT2D eigenvalue weighted by atomic mass is 9.84. The number of carbonyl (C=O) groups excluding carboxylic acids is 2. The van der Waals surface area contributed by atoms with E-state index < -0.39 is 40.6 Å². The van der Waals surface area contributed by atoms with Gasteiger partial charge in [0.25, 0.3) is 0 Å². The van der Waals surface area contributed by atoms with E-state index in [1.807, 2.05) is 18.2 Å². The Bertz CT molecular complexity index is 1720. The molecule has 12 heteroatoms. The van der Waals surface area contributed by atoms with Gasteiger partial charge in [0.05, 0.1) is 6.61 Å². The number of hydrogen-bond donors (Lipinski definition) is 1. The van der Waals surface area contributed by atoms with Crippen LogP contribution in [0.2, 0.25) is 0 Å². The lowest BCUT2D eigenvalue weighted by molar-refractivity contribution is -0.151. The van der Waals surface area contributed by atoms with Crippen LogP contribution in [0, 0.1) is 0 Å². The Balaban J connectivity index is 1.42. The zero-order valence-corrected chi connectivity index (χ0v) is 26.3. The third kappa shape index (κ3) is 6.66. The molecule has 1 atom stereocenters. The van der Waals surface area contributed by atoms with E-state index in [0.29, 0.717) is 30.5 Å². The van der Waals surface area contributed by atoms with Crippen LogP contribution < -0.4 is 5.32 Å². The number of fused-ring (bicyclic) bond motifs is 3. The summed E-state index contributed by atoms with van der Waals surface area (Å²) in [5, 5.41) is 10.7. The Kier molecular flexibility index (Phi) is 9.01. The monoisotopic (exact) mass is 639 g/mol. The molecule has 46 heavy (non-hydrogen) atoms. The molecule has 4 aromatic rings. The van der Waals surface area contributed by atoms with Crippen LogP contribution in [0.25, 0.3) is 34.0 Å². The number of rotatable bonds is 9. The summed E-state index contributed by atoms with van der Waals surface area (Å²) in [4.78, 5) is 25.8. The average molecular weight is 640 g/mol. The zero-order chi connectivity index (χ0) is 33.3. The van der Waals surface area contributed by atoms with Crippen LogP contribution in [0.3, 0.4) is 0 Å². The van der Waals surface area contributed by atoms with Gasteiger partial charge in [-0.15, -0.1) is 0 Å². The molecule has 0 radical (unpaired) electrons. The Morgan fingerprint density at radius 2 is 1.63 bits per heavy atom. The number of esters is 1. The predicted molar refractivity (Wildman–Crippen MR) is 163 cm³/mol. The number of amides is 1. The lowest BCUT2D eigenvalue weighted by Crippen LogP contribution is -2.56. The van der Waals surface area contributed by atoms with Crippen LogP contribution in [0.15, 0.2) is 57.6 Å². The quantitative estimate of drug-likeness (QED) is 0.184. The fourth-order valence-corrected chi connectivity index (χ4v) is 5.68. The molecule has 2 aromatic heterocycles. The number of hydrogen-bond acceptors (Lipinski definition) is 8. The molecule has 1 amide bonds. The van der Waals surface area contributed by atoms with Crippen molar-refractivity contribution in [2.24, 2.45) is 0 Å². The number of alkyl carbamates (subject to hydrolysis) is 1. The number of alkyl halides is 3.